The fraction of sp³-hybridized carbons (Fsp3) is 0.375. The smallest absolute Gasteiger partial charge is 0.255 e. The Balaban J connectivity index is 1.70. The lowest BCUT2D eigenvalue weighted by Crippen LogP contribution is -2.35. The quantitative estimate of drug-likeness (QED) is 0.515. The van der Waals surface area contributed by atoms with Crippen LogP contribution in [0.3, 0.4) is 0 Å². The summed E-state index contributed by atoms with van der Waals surface area (Å²) in [6.45, 7) is 5.64. The van der Waals surface area contributed by atoms with Crippen LogP contribution in [0.4, 0.5) is 5.82 Å². The van der Waals surface area contributed by atoms with Gasteiger partial charge in [0, 0.05) is 31.1 Å². The van der Waals surface area contributed by atoms with E-state index in [4.69, 9.17) is 9.97 Å². The third kappa shape index (κ3) is 3.65. The highest BCUT2D eigenvalue weighted by molar-refractivity contribution is 6.05. The average Bonchev–Trinajstić information content (AvgIpc) is 3.06. The number of likely N-dealkylation sites (N-methyl/N-ethyl adjacent to an activating group) is 1. The summed E-state index contributed by atoms with van der Waals surface area (Å²) in [5.74, 6) is 0.686. The van der Waals surface area contributed by atoms with Gasteiger partial charge in [-0.3, -0.25) is 9.20 Å². The van der Waals surface area contributed by atoms with Gasteiger partial charge in [0.2, 0.25) is 0 Å². The molecule has 1 saturated heterocycles. The molecule has 8 nitrogen and oxygen atoms in total. The Morgan fingerprint density at radius 1 is 1.09 bits per heavy atom. The molecule has 0 radical (unpaired) electrons. The predicted molar refractivity (Wildman–Crippen MR) is 126 cm³/mol. The number of hydrogen-bond donors (Lipinski definition) is 2. The SMILES string of the molecule is CC(CO)NC(=O)c1cc2ccc(N3CCCN(C)CC3)nc2n2c1nc1ccccc12. The number of nitrogens with zero attached hydrogens (tertiary/aromatic N) is 5. The number of aromatic nitrogens is 3. The Morgan fingerprint density at radius 2 is 1.94 bits per heavy atom. The number of aliphatic hydroxyl groups excluding tert-OH is 1. The molecular formula is C24H28N6O2. The van der Waals surface area contributed by atoms with Crippen molar-refractivity contribution in [2.45, 2.75) is 19.4 Å². The Morgan fingerprint density at radius 3 is 2.78 bits per heavy atom. The molecule has 32 heavy (non-hydrogen) atoms. The molecule has 1 amide bonds. The van der Waals surface area contributed by atoms with Gasteiger partial charge in [-0.2, -0.15) is 0 Å². The number of nitrogens with one attached hydrogen (secondary N) is 1. The lowest BCUT2D eigenvalue weighted by Gasteiger charge is -2.22. The van der Waals surface area contributed by atoms with Crippen molar-refractivity contribution in [1.82, 2.24) is 24.6 Å². The van der Waals surface area contributed by atoms with Crippen molar-refractivity contribution in [2.24, 2.45) is 0 Å². The molecule has 0 saturated carbocycles. The number of rotatable bonds is 4. The highest BCUT2D eigenvalue weighted by Gasteiger charge is 2.21. The molecule has 4 aromatic rings. The number of benzene rings is 1. The largest absolute Gasteiger partial charge is 0.394 e. The molecule has 5 rings (SSSR count). The molecule has 3 aromatic heterocycles. The van der Waals surface area contributed by atoms with Gasteiger partial charge in [0.15, 0.2) is 5.65 Å². The summed E-state index contributed by atoms with van der Waals surface area (Å²) in [7, 11) is 2.16. The summed E-state index contributed by atoms with van der Waals surface area (Å²) < 4.78 is 1.98. The second kappa shape index (κ2) is 8.37. The molecule has 0 aliphatic carbocycles. The zero-order valence-electron chi connectivity index (χ0n) is 18.5. The van der Waals surface area contributed by atoms with Crippen LogP contribution in [-0.4, -0.2) is 76.2 Å². The van der Waals surface area contributed by atoms with E-state index in [1.165, 1.54) is 0 Å². The Bertz CT molecular complexity index is 1300. The van der Waals surface area contributed by atoms with Crippen molar-refractivity contribution in [2.75, 3.05) is 44.7 Å². The van der Waals surface area contributed by atoms with Gasteiger partial charge in [0.05, 0.1) is 23.2 Å². The lowest BCUT2D eigenvalue weighted by atomic mass is 10.1. The summed E-state index contributed by atoms with van der Waals surface area (Å²) in [6, 6.07) is 13.4. The second-order valence-corrected chi connectivity index (χ2v) is 8.60. The van der Waals surface area contributed by atoms with Crippen molar-refractivity contribution in [3.05, 3.63) is 48.0 Å². The van der Waals surface area contributed by atoms with Gasteiger partial charge in [-0.1, -0.05) is 12.1 Å². The first kappa shape index (κ1) is 20.7. The molecule has 1 aliphatic rings. The van der Waals surface area contributed by atoms with Crippen LogP contribution in [0.15, 0.2) is 42.5 Å². The maximum absolute atomic E-state index is 13.0. The minimum atomic E-state index is -0.343. The van der Waals surface area contributed by atoms with E-state index in [1.54, 1.807) is 6.92 Å². The highest BCUT2D eigenvalue weighted by atomic mass is 16.3. The van der Waals surface area contributed by atoms with Crippen molar-refractivity contribution in [3.8, 4) is 0 Å². The number of amides is 1. The zero-order valence-corrected chi connectivity index (χ0v) is 18.5. The van der Waals surface area contributed by atoms with E-state index in [2.05, 4.69) is 22.2 Å². The Kier molecular flexibility index (Phi) is 5.40. The van der Waals surface area contributed by atoms with Crippen LogP contribution in [0.5, 0.6) is 0 Å². The summed E-state index contributed by atoms with van der Waals surface area (Å²) in [6.07, 6.45) is 1.10. The molecule has 1 aliphatic heterocycles. The first-order valence-corrected chi connectivity index (χ1v) is 11.1. The van der Waals surface area contributed by atoms with E-state index >= 15 is 0 Å². The van der Waals surface area contributed by atoms with Gasteiger partial charge < -0.3 is 20.2 Å². The first-order chi connectivity index (χ1) is 15.5. The standard InChI is InChI=1S/C24H28N6O2/c1-16(15-31)25-24(32)18-14-17-8-9-21(29-11-5-10-28(2)12-13-29)27-22(17)30-20-7-4-3-6-19(20)26-23(18)30/h3-4,6-9,14,16,31H,5,10-13,15H2,1-2H3,(H,25,32). The number of pyridine rings is 2. The van der Waals surface area contributed by atoms with E-state index in [-0.39, 0.29) is 18.6 Å². The van der Waals surface area contributed by atoms with Gasteiger partial charge in [-0.15, -0.1) is 0 Å². The molecule has 4 heterocycles. The number of aliphatic hydroxyl groups is 1. The van der Waals surface area contributed by atoms with Gasteiger partial charge in [-0.25, -0.2) is 9.97 Å². The van der Waals surface area contributed by atoms with E-state index in [9.17, 15) is 9.90 Å². The van der Waals surface area contributed by atoms with Crippen LogP contribution in [0.25, 0.3) is 27.7 Å². The highest BCUT2D eigenvalue weighted by Crippen LogP contribution is 2.27. The number of imidazole rings is 1. The monoisotopic (exact) mass is 432 g/mol. The molecule has 166 valence electrons. The topological polar surface area (TPSA) is 86.0 Å². The third-order valence-electron chi connectivity index (χ3n) is 6.14. The van der Waals surface area contributed by atoms with Gasteiger partial charge in [0.1, 0.15) is 11.5 Å². The van der Waals surface area contributed by atoms with Gasteiger partial charge in [-0.05, 0) is 57.3 Å². The predicted octanol–water partition coefficient (Wildman–Crippen LogP) is 2.29. The molecule has 1 unspecified atom stereocenters. The number of fused-ring (bicyclic) bond motifs is 5. The van der Waals surface area contributed by atoms with Gasteiger partial charge >= 0.3 is 0 Å². The van der Waals surface area contributed by atoms with Crippen LogP contribution in [0.1, 0.15) is 23.7 Å². The summed E-state index contributed by atoms with van der Waals surface area (Å²) >= 11 is 0. The maximum Gasteiger partial charge on any atom is 0.255 e. The average molecular weight is 433 g/mol. The number of carbonyl (C=O) groups excluding carboxylic acids is 1. The van der Waals surface area contributed by atoms with Crippen molar-refractivity contribution >= 4 is 39.4 Å². The Hall–Kier alpha value is -3.23. The summed E-state index contributed by atoms with van der Waals surface area (Å²) in [5, 5.41) is 13.1. The first-order valence-electron chi connectivity index (χ1n) is 11.1. The third-order valence-corrected chi connectivity index (χ3v) is 6.14. The molecular weight excluding hydrogens is 404 g/mol. The minimum Gasteiger partial charge on any atom is -0.394 e. The Labute approximate surface area is 186 Å². The van der Waals surface area contributed by atoms with Crippen molar-refractivity contribution in [3.63, 3.8) is 0 Å². The molecule has 1 aromatic carbocycles. The molecule has 1 atom stereocenters. The summed E-state index contributed by atoms with van der Waals surface area (Å²) in [4.78, 5) is 27.5. The van der Waals surface area contributed by atoms with Crippen molar-refractivity contribution < 1.29 is 9.90 Å². The number of anilines is 1. The van der Waals surface area contributed by atoms with Crippen LogP contribution in [0, 0.1) is 0 Å². The van der Waals surface area contributed by atoms with E-state index in [1.807, 2.05) is 46.9 Å². The zero-order chi connectivity index (χ0) is 22.2. The number of hydrogen-bond acceptors (Lipinski definition) is 6. The molecule has 2 N–H and O–H groups in total. The molecule has 1 fully saturated rings. The fourth-order valence-electron chi connectivity index (χ4n) is 4.35. The van der Waals surface area contributed by atoms with Crippen LogP contribution in [0.2, 0.25) is 0 Å². The molecule has 0 bridgehead atoms. The van der Waals surface area contributed by atoms with Crippen LogP contribution >= 0.6 is 0 Å². The van der Waals surface area contributed by atoms with E-state index < -0.39 is 0 Å². The van der Waals surface area contributed by atoms with Crippen LogP contribution in [-0.2, 0) is 0 Å². The van der Waals surface area contributed by atoms with Crippen LogP contribution < -0.4 is 10.2 Å². The van der Waals surface area contributed by atoms with Gasteiger partial charge in [0.25, 0.3) is 5.91 Å². The lowest BCUT2D eigenvalue weighted by molar-refractivity contribution is 0.0923. The molecule has 0 spiro atoms. The number of para-hydroxylation sites is 2. The second-order valence-electron chi connectivity index (χ2n) is 8.60. The minimum absolute atomic E-state index is 0.123. The normalized spacial score (nSPS) is 16.5. The van der Waals surface area contributed by atoms with E-state index in [0.717, 1.165) is 60.5 Å². The van der Waals surface area contributed by atoms with E-state index in [0.29, 0.717) is 11.2 Å². The number of carbonyl (C=O) groups is 1. The maximum atomic E-state index is 13.0. The summed E-state index contributed by atoms with van der Waals surface area (Å²) in [5.41, 5.74) is 3.56. The fourth-order valence-corrected chi connectivity index (χ4v) is 4.35. The molecule has 8 heteroatoms. The van der Waals surface area contributed by atoms with Crippen molar-refractivity contribution in [1.29, 1.82) is 0 Å².